The molecule has 1 amide bonds. The average molecular weight is 452 g/mol. The SMILES string of the molecule is C[C@@H](O)[C@@H](NC(=O)Cc1ccc(NCC2CCOCC2)c([N+](=O)[O-])c1)C(=O)OC(C)(C)C. The predicted molar refractivity (Wildman–Crippen MR) is 118 cm³/mol. The van der Waals surface area contributed by atoms with Crippen LogP contribution in [-0.2, 0) is 25.5 Å². The van der Waals surface area contributed by atoms with Crippen LogP contribution in [0.2, 0.25) is 0 Å². The highest BCUT2D eigenvalue weighted by molar-refractivity contribution is 5.86. The van der Waals surface area contributed by atoms with Crippen molar-refractivity contribution in [3.8, 4) is 0 Å². The number of amides is 1. The number of esters is 1. The molecule has 0 bridgehead atoms. The van der Waals surface area contributed by atoms with E-state index in [4.69, 9.17) is 9.47 Å². The summed E-state index contributed by atoms with van der Waals surface area (Å²) in [5.41, 5.74) is -0.0922. The quantitative estimate of drug-likeness (QED) is 0.295. The van der Waals surface area contributed by atoms with Gasteiger partial charge in [0.15, 0.2) is 6.04 Å². The third-order valence-electron chi connectivity index (χ3n) is 5.01. The lowest BCUT2D eigenvalue weighted by Gasteiger charge is -2.26. The smallest absolute Gasteiger partial charge is 0.331 e. The van der Waals surface area contributed by atoms with Gasteiger partial charge in [0.25, 0.3) is 5.69 Å². The van der Waals surface area contributed by atoms with Crippen LogP contribution in [-0.4, -0.2) is 59.4 Å². The van der Waals surface area contributed by atoms with Crippen LogP contribution in [0.25, 0.3) is 0 Å². The lowest BCUT2D eigenvalue weighted by molar-refractivity contribution is -0.384. The third-order valence-corrected chi connectivity index (χ3v) is 5.01. The highest BCUT2D eigenvalue weighted by Crippen LogP contribution is 2.27. The Balaban J connectivity index is 2.04. The molecule has 0 unspecified atom stereocenters. The number of ether oxygens (including phenoxy) is 2. The van der Waals surface area contributed by atoms with Gasteiger partial charge in [0.1, 0.15) is 11.3 Å². The molecule has 1 aliphatic rings. The number of aliphatic hydroxyl groups excluding tert-OH is 1. The molecule has 178 valence electrons. The lowest BCUT2D eigenvalue weighted by Crippen LogP contribution is -2.50. The zero-order chi connectivity index (χ0) is 23.9. The van der Waals surface area contributed by atoms with E-state index in [1.54, 1.807) is 32.9 Å². The molecular weight excluding hydrogens is 418 g/mol. The van der Waals surface area contributed by atoms with E-state index in [9.17, 15) is 24.8 Å². The number of nitro groups is 1. The minimum Gasteiger partial charge on any atom is -0.458 e. The molecule has 3 N–H and O–H groups in total. The van der Waals surface area contributed by atoms with E-state index in [0.717, 1.165) is 12.8 Å². The molecule has 0 spiro atoms. The maximum atomic E-state index is 12.5. The number of benzene rings is 1. The molecule has 1 saturated heterocycles. The summed E-state index contributed by atoms with van der Waals surface area (Å²) in [6.45, 7) is 8.42. The van der Waals surface area contributed by atoms with Crippen molar-refractivity contribution in [2.75, 3.05) is 25.1 Å². The van der Waals surface area contributed by atoms with Crippen LogP contribution in [0.1, 0.15) is 46.1 Å². The van der Waals surface area contributed by atoms with Crippen LogP contribution in [0.5, 0.6) is 0 Å². The molecule has 1 aliphatic heterocycles. The third kappa shape index (κ3) is 8.08. The molecule has 32 heavy (non-hydrogen) atoms. The fourth-order valence-electron chi connectivity index (χ4n) is 3.34. The summed E-state index contributed by atoms with van der Waals surface area (Å²) in [5, 5.41) is 27.0. The van der Waals surface area contributed by atoms with E-state index in [1.807, 2.05) is 0 Å². The van der Waals surface area contributed by atoms with Gasteiger partial charge in [-0.2, -0.15) is 0 Å². The number of nitrogens with zero attached hydrogens (tertiary/aromatic N) is 1. The number of hydrogen-bond donors (Lipinski definition) is 3. The minimum absolute atomic E-state index is 0.124. The molecule has 0 saturated carbocycles. The highest BCUT2D eigenvalue weighted by atomic mass is 16.6. The number of carbonyl (C=O) groups is 2. The van der Waals surface area contributed by atoms with Crippen molar-refractivity contribution in [1.29, 1.82) is 0 Å². The Morgan fingerprint density at radius 2 is 1.97 bits per heavy atom. The van der Waals surface area contributed by atoms with Gasteiger partial charge in [-0.3, -0.25) is 14.9 Å². The molecule has 0 aromatic heterocycles. The van der Waals surface area contributed by atoms with Gasteiger partial charge < -0.3 is 25.2 Å². The lowest BCUT2D eigenvalue weighted by atomic mass is 10.00. The Bertz CT molecular complexity index is 814. The van der Waals surface area contributed by atoms with Gasteiger partial charge in [0.2, 0.25) is 5.91 Å². The molecule has 0 radical (unpaired) electrons. The summed E-state index contributed by atoms with van der Waals surface area (Å²) in [6, 6.07) is 3.32. The van der Waals surface area contributed by atoms with Crippen LogP contribution in [0.3, 0.4) is 0 Å². The topological polar surface area (TPSA) is 140 Å². The number of carbonyl (C=O) groups excluding carboxylic acids is 2. The average Bonchev–Trinajstić information content (AvgIpc) is 2.70. The number of anilines is 1. The van der Waals surface area contributed by atoms with E-state index >= 15 is 0 Å². The standard InChI is InChI=1S/C22H33N3O7/c1-14(26)20(21(28)32-22(2,3)4)24-19(27)12-16-5-6-17(18(11-16)25(29)30)23-13-15-7-9-31-10-8-15/h5-6,11,14-15,20,23,26H,7-10,12-13H2,1-4H3,(H,24,27)/t14-,20-/m1/s1. The highest BCUT2D eigenvalue weighted by Gasteiger charge is 2.30. The second kappa shape index (κ2) is 11.2. The first-order chi connectivity index (χ1) is 15.0. The summed E-state index contributed by atoms with van der Waals surface area (Å²) in [7, 11) is 0. The zero-order valence-corrected chi connectivity index (χ0v) is 19.1. The second-order valence-electron chi connectivity index (χ2n) is 9.04. The van der Waals surface area contributed by atoms with Crippen molar-refractivity contribution in [2.45, 2.75) is 64.7 Å². The van der Waals surface area contributed by atoms with Crippen molar-refractivity contribution in [1.82, 2.24) is 5.32 Å². The van der Waals surface area contributed by atoms with Gasteiger partial charge in [-0.1, -0.05) is 6.07 Å². The van der Waals surface area contributed by atoms with Crippen LogP contribution < -0.4 is 10.6 Å². The molecule has 1 aromatic carbocycles. The van der Waals surface area contributed by atoms with Crippen molar-refractivity contribution in [3.63, 3.8) is 0 Å². The van der Waals surface area contributed by atoms with Gasteiger partial charge in [0.05, 0.1) is 17.4 Å². The van der Waals surface area contributed by atoms with Crippen molar-refractivity contribution < 1.29 is 29.1 Å². The fraction of sp³-hybridized carbons (Fsp3) is 0.636. The summed E-state index contributed by atoms with van der Waals surface area (Å²) < 4.78 is 10.6. The molecule has 10 heteroatoms. The molecule has 2 rings (SSSR count). The first-order valence-corrected chi connectivity index (χ1v) is 10.8. The van der Waals surface area contributed by atoms with E-state index in [2.05, 4.69) is 10.6 Å². The normalized spacial score (nSPS) is 16.7. The van der Waals surface area contributed by atoms with E-state index < -0.39 is 34.5 Å². The van der Waals surface area contributed by atoms with E-state index in [-0.39, 0.29) is 12.1 Å². The van der Waals surface area contributed by atoms with Gasteiger partial charge in [-0.15, -0.1) is 0 Å². The van der Waals surface area contributed by atoms with Gasteiger partial charge in [0, 0.05) is 25.8 Å². The molecule has 1 aromatic rings. The fourth-order valence-corrected chi connectivity index (χ4v) is 3.34. The van der Waals surface area contributed by atoms with Crippen LogP contribution in [0, 0.1) is 16.0 Å². The number of rotatable bonds is 9. The van der Waals surface area contributed by atoms with Crippen LogP contribution in [0.15, 0.2) is 18.2 Å². The summed E-state index contributed by atoms with van der Waals surface area (Å²) in [6.07, 6.45) is 0.454. The van der Waals surface area contributed by atoms with Gasteiger partial charge in [-0.25, -0.2) is 4.79 Å². The number of nitrogens with one attached hydrogen (secondary N) is 2. The maximum Gasteiger partial charge on any atom is 0.331 e. The zero-order valence-electron chi connectivity index (χ0n) is 19.1. The first kappa shape index (κ1) is 25.5. The van der Waals surface area contributed by atoms with Crippen LogP contribution in [0.4, 0.5) is 11.4 Å². The Morgan fingerprint density at radius 3 is 2.53 bits per heavy atom. The van der Waals surface area contributed by atoms with Gasteiger partial charge in [-0.05, 0) is 58.1 Å². The molecule has 1 fully saturated rings. The molecule has 2 atom stereocenters. The number of hydrogen-bond acceptors (Lipinski definition) is 8. The Kier molecular flexibility index (Phi) is 8.97. The summed E-state index contributed by atoms with van der Waals surface area (Å²) in [5.74, 6) is -0.919. The van der Waals surface area contributed by atoms with E-state index in [1.165, 1.54) is 13.0 Å². The Morgan fingerprint density at radius 1 is 1.31 bits per heavy atom. The number of nitro benzene ring substituents is 1. The van der Waals surface area contributed by atoms with Crippen molar-refractivity contribution >= 4 is 23.3 Å². The molecular formula is C22H33N3O7. The van der Waals surface area contributed by atoms with E-state index in [0.29, 0.717) is 36.9 Å². The Hall–Kier alpha value is -2.72. The van der Waals surface area contributed by atoms with Crippen LogP contribution >= 0.6 is 0 Å². The minimum atomic E-state index is -1.24. The molecule has 0 aliphatic carbocycles. The number of aliphatic hydroxyl groups is 1. The van der Waals surface area contributed by atoms with Gasteiger partial charge >= 0.3 is 5.97 Å². The first-order valence-electron chi connectivity index (χ1n) is 10.8. The Labute approximate surface area is 187 Å². The largest absolute Gasteiger partial charge is 0.458 e. The second-order valence-corrected chi connectivity index (χ2v) is 9.04. The summed E-state index contributed by atoms with van der Waals surface area (Å²) in [4.78, 5) is 35.8. The maximum absolute atomic E-state index is 12.5. The van der Waals surface area contributed by atoms with Crippen molar-refractivity contribution in [2.24, 2.45) is 5.92 Å². The monoisotopic (exact) mass is 451 g/mol. The predicted octanol–water partition coefficient (Wildman–Crippen LogP) is 2.18. The molecule has 10 nitrogen and oxygen atoms in total. The summed E-state index contributed by atoms with van der Waals surface area (Å²) >= 11 is 0. The molecule has 1 heterocycles. The van der Waals surface area contributed by atoms with Crippen molar-refractivity contribution in [3.05, 3.63) is 33.9 Å².